The smallest absolute Gasteiger partial charge is 0.435 e. The number of hydrogen-bond acceptors (Lipinski definition) is 6. The fraction of sp³-hybridized carbons (Fsp3) is 0.158. The highest BCUT2D eigenvalue weighted by molar-refractivity contribution is 6.03. The van der Waals surface area contributed by atoms with Gasteiger partial charge in [0.1, 0.15) is 22.9 Å². The molecule has 0 spiro atoms. The van der Waals surface area contributed by atoms with Gasteiger partial charge in [-0.25, -0.2) is 0 Å². The van der Waals surface area contributed by atoms with Crippen molar-refractivity contribution >= 4 is 17.3 Å². The van der Waals surface area contributed by atoms with Gasteiger partial charge in [-0.3, -0.25) is 19.6 Å². The van der Waals surface area contributed by atoms with Gasteiger partial charge in [0.05, 0.1) is 23.8 Å². The summed E-state index contributed by atoms with van der Waals surface area (Å²) >= 11 is 0. The molecule has 1 heterocycles. The van der Waals surface area contributed by atoms with Gasteiger partial charge in [0, 0.05) is 25.2 Å². The molecule has 9 nitrogen and oxygen atoms in total. The molecule has 0 saturated carbocycles. The molecule has 0 radical (unpaired) electrons. The lowest BCUT2D eigenvalue weighted by atomic mass is 10.2. The second kappa shape index (κ2) is 8.34. The number of carbonyl (C=O) groups excluding carboxylic acids is 1. The lowest BCUT2D eigenvalue weighted by molar-refractivity contribution is -0.384. The predicted octanol–water partition coefficient (Wildman–Crippen LogP) is 4.40. The van der Waals surface area contributed by atoms with Crippen molar-refractivity contribution in [2.45, 2.75) is 6.18 Å². The van der Waals surface area contributed by atoms with Gasteiger partial charge >= 0.3 is 6.18 Å². The van der Waals surface area contributed by atoms with E-state index < -0.39 is 22.7 Å². The number of nitro benzene ring substituents is 1. The zero-order chi connectivity index (χ0) is 22.8. The minimum Gasteiger partial charge on any atom is -0.497 e. The number of nitrogens with zero attached hydrogens (tertiary/aromatic N) is 3. The zero-order valence-electron chi connectivity index (χ0n) is 16.1. The summed E-state index contributed by atoms with van der Waals surface area (Å²) in [4.78, 5) is 23.0. The number of amides is 1. The predicted molar refractivity (Wildman–Crippen MR) is 102 cm³/mol. The molecule has 12 heteroatoms. The number of ether oxygens (including phenoxy) is 2. The molecule has 162 valence electrons. The standard InChI is InChI=1S/C19H15F3N4O5/c1-25-16(10-17(24-25)19(20,21)22)18(27)23-11-7-12(26(28)29)9-15(8-11)31-14-5-3-13(30-2)4-6-14/h3-10H,1-2H3,(H,23,27). The summed E-state index contributed by atoms with van der Waals surface area (Å²) in [6, 6.07) is 10.5. The van der Waals surface area contributed by atoms with E-state index in [2.05, 4.69) is 10.4 Å². The van der Waals surface area contributed by atoms with Gasteiger partial charge in [0.25, 0.3) is 11.6 Å². The Bertz CT molecular complexity index is 1130. The van der Waals surface area contributed by atoms with Crippen molar-refractivity contribution in [3.8, 4) is 17.2 Å². The van der Waals surface area contributed by atoms with E-state index in [1.807, 2.05) is 0 Å². The molecule has 0 bridgehead atoms. The fourth-order valence-corrected chi connectivity index (χ4v) is 2.61. The van der Waals surface area contributed by atoms with Crippen molar-refractivity contribution in [3.05, 3.63) is 70.0 Å². The number of aromatic nitrogens is 2. The summed E-state index contributed by atoms with van der Waals surface area (Å²) in [5.41, 5.74) is -2.04. The number of alkyl halides is 3. The number of halogens is 3. The van der Waals surface area contributed by atoms with Crippen LogP contribution in [0.15, 0.2) is 48.5 Å². The fourth-order valence-electron chi connectivity index (χ4n) is 2.61. The Morgan fingerprint density at radius 3 is 2.29 bits per heavy atom. The number of anilines is 1. The Morgan fingerprint density at radius 2 is 1.74 bits per heavy atom. The van der Waals surface area contributed by atoms with E-state index in [0.717, 1.165) is 16.8 Å². The average Bonchev–Trinajstić information content (AvgIpc) is 3.10. The molecule has 0 aliphatic rings. The van der Waals surface area contributed by atoms with Crippen LogP contribution in [0.2, 0.25) is 0 Å². The van der Waals surface area contributed by atoms with Crippen LogP contribution in [0.25, 0.3) is 0 Å². The lowest BCUT2D eigenvalue weighted by Crippen LogP contribution is -2.16. The maximum Gasteiger partial charge on any atom is 0.435 e. The number of rotatable bonds is 6. The van der Waals surface area contributed by atoms with Crippen LogP contribution in [-0.4, -0.2) is 27.7 Å². The summed E-state index contributed by atoms with van der Waals surface area (Å²) in [5, 5.41) is 16.8. The molecule has 0 unspecified atom stereocenters. The molecule has 1 aromatic heterocycles. The first-order valence-electron chi connectivity index (χ1n) is 8.61. The summed E-state index contributed by atoms with van der Waals surface area (Å²) < 4.78 is 49.8. The van der Waals surface area contributed by atoms with Crippen LogP contribution < -0.4 is 14.8 Å². The molecule has 3 rings (SSSR count). The number of hydrogen-bond donors (Lipinski definition) is 1. The molecular formula is C19H15F3N4O5. The lowest BCUT2D eigenvalue weighted by Gasteiger charge is -2.10. The van der Waals surface area contributed by atoms with Gasteiger partial charge in [-0.05, 0) is 24.3 Å². The summed E-state index contributed by atoms with van der Waals surface area (Å²) in [6.07, 6.45) is -4.72. The van der Waals surface area contributed by atoms with Crippen LogP contribution in [0.4, 0.5) is 24.5 Å². The normalized spacial score (nSPS) is 11.1. The van der Waals surface area contributed by atoms with Gasteiger partial charge in [0.2, 0.25) is 0 Å². The molecular weight excluding hydrogens is 421 g/mol. The topological polar surface area (TPSA) is 109 Å². The number of nitro groups is 1. The van der Waals surface area contributed by atoms with Crippen LogP contribution in [-0.2, 0) is 13.2 Å². The molecule has 2 aromatic carbocycles. The van der Waals surface area contributed by atoms with Gasteiger partial charge < -0.3 is 14.8 Å². The van der Waals surface area contributed by atoms with E-state index in [1.54, 1.807) is 24.3 Å². The second-order valence-electron chi connectivity index (χ2n) is 6.24. The molecule has 0 saturated heterocycles. The van der Waals surface area contributed by atoms with E-state index in [-0.39, 0.29) is 22.8 Å². The van der Waals surface area contributed by atoms with Crippen LogP contribution in [0.3, 0.4) is 0 Å². The highest BCUT2D eigenvalue weighted by atomic mass is 19.4. The van der Waals surface area contributed by atoms with Crippen molar-refractivity contribution in [1.29, 1.82) is 0 Å². The third-order valence-electron chi connectivity index (χ3n) is 4.06. The molecule has 0 fully saturated rings. The Labute approximate surface area is 173 Å². The third kappa shape index (κ3) is 5.10. The van der Waals surface area contributed by atoms with E-state index in [9.17, 15) is 28.1 Å². The maximum atomic E-state index is 12.8. The molecule has 0 atom stereocenters. The second-order valence-corrected chi connectivity index (χ2v) is 6.24. The highest BCUT2D eigenvalue weighted by Gasteiger charge is 2.35. The quantitative estimate of drug-likeness (QED) is 0.453. The van der Waals surface area contributed by atoms with Gasteiger partial charge in [-0.15, -0.1) is 0 Å². The Balaban J connectivity index is 1.87. The van der Waals surface area contributed by atoms with Crippen molar-refractivity contribution in [2.75, 3.05) is 12.4 Å². The van der Waals surface area contributed by atoms with Gasteiger partial charge in [-0.2, -0.15) is 18.3 Å². The van der Waals surface area contributed by atoms with Crippen LogP contribution in [0.1, 0.15) is 16.2 Å². The minimum atomic E-state index is -4.72. The molecule has 1 amide bonds. The summed E-state index contributed by atoms with van der Waals surface area (Å²) in [5.74, 6) is 0.0332. The largest absolute Gasteiger partial charge is 0.497 e. The van der Waals surface area contributed by atoms with E-state index >= 15 is 0 Å². The first-order chi connectivity index (χ1) is 14.6. The monoisotopic (exact) mass is 436 g/mol. The molecule has 0 aliphatic heterocycles. The van der Waals surface area contributed by atoms with Crippen LogP contribution >= 0.6 is 0 Å². The molecule has 31 heavy (non-hydrogen) atoms. The minimum absolute atomic E-state index is 0.0376. The highest BCUT2D eigenvalue weighted by Crippen LogP contribution is 2.31. The summed E-state index contributed by atoms with van der Waals surface area (Å²) in [6.45, 7) is 0. The van der Waals surface area contributed by atoms with Gasteiger partial charge in [-0.1, -0.05) is 0 Å². The number of aryl methyl sites for hydroxylation is 1. The number of nitrogens with one attached hydrogen (secondary N) is 1. The number of benzene rings is 2. The van der Waals surface area contributed by atoms with Crippen molar-refractivity contribution < 1.29 is 32.4 Å². The van der Waals surface area contributed by atoms with Crippen molar-refractivity contribution in [2.24, 2.45) is 7.05 Å². The molecule has 1 N–H and O–H groups in total. The number of methoxy groups -OCH3 is 1. The Kier molecular flexibility index (Phi) is 5.81. The van der Waals surface area contributed by atoms with Crippen LogP contribution in [0.5, 0.6) is 17.2 Å². The SMILES string of the molecule is COc1ccc(Oc2cc(NC(=O)c3cc(C(F)(F)F)nn3C)cc([N+](=O)[O-])c2)cc1. The maximum absolute atomic E-state index is 12.8. The number of non-ortho nitro benzene ring substituents is 1. The Hall–Kier alpha value is -4.09. The van der Waals surface area contributed by atoms with E-state index in [4.69, 9.17) is 9.47 Å². The first-order valence-corrected chi connectivity index (χ1v) is 8.61. The van der Waals surface area contributed by atoms with Crippen molar-refractivity contribution in [1.82, 2.24) is 9.78 Å². The first kappa shape index (κ1) is 21.6. The third-order valence-corrected chi connectivity index (χ3v) is 4.06. The average molecular weight is 436 g/mol. The molecule has 3 aromatic rings. The molecule has 0 aliphatic carbocycles. The van der Waals surface area contributed by atoms with Crippen molar-refractivity contribution in [3.63, 3.8) is 0 Å². The van der Waals surface area contributed by atoms with Gasteiger partial charge in [0.15, 0.2) is 5.69 Å². The summed E-state index contributed by atoms with van der Waals surface area (Å²) in [7, 11) is 2.67. The van der Waals surface area contributed by atoms with Crippen LogP contribution in [0, 0.1) is 10.1 Å². The van der Waals surface area contributed by atoms with E-state index in [1.165, 1.54) is 20.2 Å². The van der Waals surface area contributed by atoms with E-state index in [0.29, 0.717) is 17.6 Å². The number of carbonyl (C=O) groups is 1. The zero-order valence-corrected chi connectivity index (χ0v) is 16.1. The Morgan fingerprint density at radius 1 is 1.10 bits per heavy atom.